The highest BCUT2D eigenvalue weighted by Crippen LogP contribution is 2.29. The molecule has 1 saturated carbocycles. The molecule has 0 unspecified atom stereocenters. The van der Waals surface area contributed by atoms with Gasteiger partial charge in [-0.1, -0.05) is 19.8 Å². The highest BCUT2D eigenvalue weighted by atomic mass is 32.2. The fraction of sp³-hybridized carbons (Fsp3) is 0.667. The number of sulfonamides is 1. The third kappa shape index (κ3) is 2.85. The number of aromatic nitrogens is 2. The maximum Gasteiger partial charge on any atom is 0.273 e. The van der Waals surface area contributed by atoms with E-state index in [1.807, 2.05) is 6.92 Å². The summed E-state index contributed by atoms with van der Waals surface area (Å²) in [6.45, 7) is 3.73. The van der Waals surface area contributed by atoms with Gasteiger partial charge in [0.05, 0.1) is 5.69 Å². The van der Waals surface area contributed by atoms with Crippen LogP contribution in [0.5, 0.6) is 0 Å². The summed E-state index contributed by atoms with van der Waals surface area (Å²) in [5.41, 5.74) is -0.0791. The summed E-state index contributed by atoms with van der Waals surface area (Å²) in [6.07, 6.45) is 4.28. The summed E-state index contributed by atoms with van der Waals surface area (Å²) < 4.78 is 23.3. The first-order chi connectivity index (χ1) is 9.27. The summed E-state index contributed by atoms with van der Waals surface area (Å²) in [7, 11) is -3.99. The van der Waals surface area contributed by atoms with Gasteiger partial charge in [-0.2, -0.15) is 5.10 Å². The summed E-state index contributed by atoms with van der Waals surface area (Å²) >= 11 is 0. The molecule has 0 saturated heterocycles. The van der Waals surface area contributed by atoms with Crippen LogP contribution in [0.1, 0.15) is 55.7 Å². The van der Waals surface area contributed by atoms with Gasteiger partial charge in [0.1, 0.15) is 4.90 Å². The lowest BCUT2D eigenvalue weighted by Crippen LogP contribution is -2.44. The molecule has 0 atom stereocenters. The number of hydrogen-bond donors (Lipinski definition) is 3. The smallest absolute Gasteiger partial charge is 0.273 e. The molecule has 0 bridgehead atoms. The van der Waals surface area contributed by atoms with Crippen molar-refractivity contribution in [1.82, 2.24) is 15.5 Å². The summed E-state index contributed by atoms with van der Waals surface area (Å²) in [5.74, 6) is -0.491. The Hall–Kier alpha value is -1.41. The van der Waals surface area contributed by atoms with Crippen LogP contribution >= 0.6 is 0 Å². The van der Waals surface area contributed by atoms with E-state index in [1.165, 1.54) is 0 Å². The third-order valence-electron chi connectivity index (χ3n) is 3.77. The Morgan fingerprint density at radius 2 is 2.05 bits per heavy atom. The molecule has 0 spiro atoms. The minimum atomic E-state index is -3.99. The molecule has 0 aliphatic heterocycles. The number of amides is 1. The zero-order valence-electron chi connectivity index (χ0n) is 11.7. The predicted molar refractivity (Wildman–Crippen MR) is 73.7 cm³/mol. The molecule has 1 amide bonds. The second-order valence-corrected chi connectivity index (χ2v) is 7.00. The van der Waals surface area contributed by atoms with Gasteiger partial charge < -0.3 is 5.32 Å². The van der Waals surface area contributed by atoms with Crippen LogP contribution in [0.4, 0.5) is 0 Å². The Bertz CT molecular complexity index is 615. The number of carbonyl (C=O) groups excluding carboxylic acids is 1. The Balaban J connectivity index is 2.33. The highest BCUT2D eigenvalue weighted by Gasteiger charge is 2.34. The lowest BCUT2D eigenvalue weighted by atomic mass is 10.0. The lowest BCUT2D eigenvalue weighted by Gasteiger charge is -2.24. The van der Waals surface area contributed by atoms with Crippen molar-refractivity contribution in [3.63, 3.8) is 0 Å². The molecule has 1 aromatic rings. The number of nitrogens with two attached hydrogens (primary N) is 1. The minimum absolute atomic E-state index is 0.141. The van der Waals surface area contributed by atoms with Crippen molar-refractivity contribution in [1.29, 1.82) is 0 Å². The number of carbonyl (C=O) groups is 1. The number of nitrogens with one attached hydrogen (secondary N) is 2. The molecule has 7 nitrogen and oxygen atoms in total. The molecular formula is C12H20N4O3S. The molecule has 20 heavy (non-hydrogen) atoms. The number of aryl methyl sites for hydroxylation is 1. The zero-order chi connectivity index (χ0) is 15.0. The zero-order valence-corrected chi connectivity index (χ0v) is 12.5. The van der Waals surface area contributed by atoms with Crippen LogP contribution in [-0.4, -0.2) is 30.1 Å². The summed E-state index contributed by atoms with van der Waals surface area (Å²) in [5, 5.41) is 14.5. The molecule has 0 radical (unpaired) electrons. The van der Waals surface area contributed by atoms with E-state index < -0.39 is 15.9 Å². The largest absolute Gasteiger partial charge is 0.345 e. The molecule has 4 N–H and O–H groups in total. The van der Waals surface area contributed by atoms with Crippen LogP contribution in [0.15, 0.2) is 4.90 Å². The predicted octanol–water partition coefficient (Wildman–Crippen LogP) is 0.682. The van der Waals surface area contributed by atoms with Gasteiger partial charge in [-0.05, 0) is 26.2 Å². The molecule has 112 valence electrons. The first-order valence-electron chi connectivity index (χ1n) is 6.69. The molecule has 8 heteroatoms. The second kappa shape index (κ2) is 5.17. The van der Waals surface area contributed by atoms with Crippen molar-refractivity contribution in [2.24, 2.45) is 5.14 Å². The maximum absolute atomic E-state index is 12.3. The van der Waals surface area contributed by atoms with E-state index in [1.54, 1.807) is 6.92 Å². The lowest BCUT2D eigenvalue weighted by molar-refractivity contribution is 0.0899. The van der Waals surface area contributed by atoms with Crippen LogP contribution < -0.4 is 10.5 Å². The summed E-state index contributed by atoms with van der Waals surface area (Å²) in [4.78, 5) is 12.1. The van der Waals surface area contributed by atoms with Crippen LogP contribution in [-0.2, 0) is 16.4 Å². The van der Waals surface area contributed by atoms with Gasteiger partial charge in [0.15, 0.2) is 5.69 Å². The van der Waals surface area contributed by atoms with E-state index in [9.17, 15) is 13.2 Å². The van der Waals surface area contributed by atoms with E-state index >= 15 is 0 Å². The molecule has 0 aromatic carbocycles. The molecule has 2 rings (SSSR count). The van der Waals surface area contributed by atoms with E-state index in [-0.39, 0.29) is 16.1 Å². The van der Waals surface area contributed by atoms with Crippen molar-refractivity contribution < 1.29 is 13.2 Å². The monoisotopic (exact) mass is 300 g/mol. The minimum Gasteiger partial charge on any atom is -0.345 e. The Morgan fingerprint density at radius 1 is 1.45 bits per heavy atom. The normalized spacial score (nSPS) is 18.1. The first kappa shape index (κ1) is 15.0. The van der Waals surface area contributed by atoms with Gasteiger partial charge in [-0.3, -0.25) is 9.89 Å². The highest BCUT2D eigenvalue weighted by molar-refractivity contribution is 7.89. The molecule has 1 heterocycles. The second-order valence-electron chi connectivity index (χ2n) is 5.50. The van der Waals surface area contributed by atoms with Crippen molar-refractivity contribution in [2.75, 3.05) is 0 Å². The maximum atomic E-state index is 12.3. The fourth-order valence-corrected chi connectivity index (χ4v) is 3.62. The number of H-pyrrole nitrogens is 1. The molecule has 1 aromatic heterocycles. The fourth-order valence-electron chi connectivity index (χ4n) is 2.68. The standard InChI is InChI=1S/C12H20N4O3S/c1-3-8-10(20(13,18)19)9(16-15-8)11(17)14-12(2)6-4-5-7-12/h3-7H2,1-2H3,(H,14,17)(H,15,16)(H2,13,18,19). The summed E-state index contributed by atoms with van der Waals surface area (Å²) in [6, 6.07) is 0. The Morgan fingerprint density at radius 3 is 2.55 bits per heavy atom. The van der Waals surface area contributed by atoms with Crippen molar-refractivity contribution in [3.8, 4) is 0 Å². The molecular weight excluding hydrogens is 280 g/mol. The van der Waals surface area contributed by atoms with Gasteiger partial charge in [0.25, 0.3) is 5.91 Å². The quantitative estimate of drug-likeness (QED) is 0.757. The molecule has 1 aliphatic rings. The van der Waals surface area contributed by atoms with E-state index in [2.05, 4.69) is 15.5 Å². The van der Waals surface area contributed by atoms with Gasteiger partial charge >= 0.3 is 0 Å². The molecule has 1 aliphatic carbocycles. The number of primary sulfonamides is 1. The third-order valence-corrected chi connectivity index (χ3v) is 4.78. The van der Waals surface area contributed by atoms with Crippen LogP contribution in [0.3, 0.4) is 0 Å². The average Bonchev–Trinajstić information content (AvgIpc) is 2.93. The van der Waals surface area contributed by atoms with E-state index in [0.29, 0.717) is 12.1 Å². The first-order valence-corrected chi connectivity index (χ1v) is 8.24. The number of nitrogens with zero attached hydrogens (tertiary/aromatic N) is 1. The average molecular weight is 300 g/mol. The molecule has 1 fully saturated rings. The van der Waals surface area contributed by atoms with Crippen molar-refractivity contribution in [3.05, 3.63) is 11.4 Å². The number of hydrogen-bond acceptors (Lipinski definition) is 4. The number of aromatic amines is 1. The SMILES string of the molecule is CCc1[nH]nc(C(=O)NC2(C)CCCC2)c1S(N)(=O)=O. The number of rotatable bonds is 4. The van der Waals surface area contributed by atoms with Crippen molar-refractivity contribution in [2.45, 2.75) is 56.4 Å². The topological polar surface area (TPSA) is 118 Å². The van der Waals surface area contributed by atoms with Gasteiger partial charge in [0, 0.05) is 5.54 Å². The van der Waals surface area contributed by atoms with Crippen molar-refractivity contribution >= 4 is 15.9 Å². The van der Waals surface area contributed by atoms with Gasteiger partial charge in [-0.15, -0.1) is 0 Å². The van der Waals surface area contributed by atoms with E-state index in [4.69, 9.17) is 5.14 Å². The van der Waals surface area contributed by atoms with Crippen LogP contribution in [0.2, 0.25) is 0 Å². The van der Waals surface area contributed by atoms with Crippen LogP contribution in [0.25, 0.3) is 0 Å². The van der Waals surface area contributed by atoms with E-state index in [0.717, 1.165) is 25.7 Å². The van der Waals surface area contributed by atoms with Gasteiger partial charge in [-0.25, -0.2) is 13.6 Å². The van der Waals surface area contributed by atoms with Crippen LogP contribution in [0, 0.1) is 0 Å². The van der Waals surface area contributed by atoms with Gasteiger partial charge in [0.2, 0.25) is 10.0 Å². The Kier molecular flexibility index (Phi) is 3.88. The Labute approximate surface area is 118 Å².